The third-order valence-corrected chi connectivity index (χ3v) is 3.91. The van der Waals surface area contributed by atoms with E-state index in [1.165, 1.54) is 38.5 Å². The van der Waals surface area contributed by atoms with Gasteiger partial charge in [-0.3, -0.25) is 0 Å². The molecular formula is C11H21N. The van der Waals surface area contributed by atoms with Gasteiger partial charge in [0.1, 0.15) is 0 Å². The van der Waals surface area contributed by atoms with Gasteiger partial charge in [0.05, 0.1) is 0 Å². The van der Waals surface area contributed by atoms with Crippen molar-refractivity contribution in [2.45, 2.75) is 64.0 Å². The Kier molecular flexibility index (Phi) is 2.16. The summed E-state index contributed by atoms with van der Waals surface area (Å²) in [6.07, 6.45) is 8.61. The van der Waals surface area contributed by atoms with Gasteiger partial charge in [0.2, 0.25) is 0 Å². The molecule has 0 radical (unpaired) electrons. The van der Waals surface area contributed by atoms with Gasteiger partial charge in [-0.2, -0.15) is 0 Å². The van der Waals surface area contributed by atoms with E-state index in [0.717, 1.165) is 12.0 Å². The van der Waals surface area contributed by atoms with Crippen molar-refractivity contribution in [3.05, 3.63) is 0 Å². The van der Waals surface area contributed by atoms with Crippen molar-refractivity contribution in [3.63, 3.8) is 0 Å². The van der Waals surface area contributed by atoms with Crippen LogP contribution in [0.3, 0.4) is 0 Å². The molecule has 1 atom stereocenters. The molecule has 2 rings (SSSR count). The van der Waals surface area contributed by atoms with Gasteiger partial charge >= 0.3 is 0 Å². The molecule has 0 aromatic heterocycles. The summed E-state index contributed by atoms with van der Waals surface area (Å²) in [5, 5.41) is 3.83. The molecule has 0 aliphatic heterocycles. The lowest BCUT2D eigenvalue weighted by Crippen LogP contribution is -2.45. The molecule has 0 spiro atoms. The van der Waals surface area contributed by atoms with Crippen LogP contribution < -0.4 is 5.32 Å². The molecule has 1 heteroatoms. The minimum atomic E-state index is 0.583. The first-order valence-electron chi connectivity index (χ1n) is 5.52. The Balaban J connectivity index is 1.93. The van der Waals surface area contributed by atoms with Gasteiger partial charge in [0.25, 0.3) is 0 Å². The summed E-state index contributed by atoms with van der Waals surface area (Å²) in [4.78, 5) is 0. The zero-order valence-electron chi connectivity index (χ0n) is 8.40. The third-order valence-electron chi connectivity index (χ3n) is 3.91. The Hall–Kier alpha value is -0.0400. The summed E-state index contributed by atoms with van der Waals surface area (Å²) in [5.74, 6) is 1.07. The molecule has 70 valence electrons. The lowest BCUT2D eigenvalue weighted by molar-refractivity contribution is 0.291. The van der Waals surface area contributed by atoms with Crippen LogP contribution in [0.5, 0.6) is 0 Å². The predicted molar refractivity (Wildman–Crippen MR) is 52.2 cm³/mol. The zero-order valence-corrected chi connectivity index (χ0v) is 8.40. The van der Waals surface area contributed by atoms with Gasteiger partial charge in [0, 0.05) is 11.6 Å². The maximum atomic E-state index is 3.83. The second-order valence-corrected chi connectivity index (χ2v) is 4.88. The van der Waals surface area contributed by atoms with E-state index in [9.17, 15) is 0 Å². The highest BCUT2D eigenvalue weighted by Crippen LogP contribution is 2.47. The molecule has 2 aliphatic rings. The highest BCUT2D eigenvalue weighted by Gasteiger charge is 2.44. The minimum Gasteiger partial charge on any atom is -0.309 e. The van der Waals surface area contributed by atoms with Crippen LogP contribution in [0.25, 0.3) is 0 Å². The number of rotatable bonds is 3. The molecule has 1 unspecified atom stereocenters. The second-order valence-electron chi connectivity index (χ2n) is 4.88. The monoisotopic (exact) mass is 167 g/mol. The fourth-order valence-electron chi connectivity index (χ4n) is 3.02. The molecule has 12 heavy (non-hydrogen) atoms. The lowest BCUT2D eigenvalue weighted by Gasteiger charge is -2.31. The molecule has 2 aliphatic carbocycles. The molecule has 2 fully saturated rings. The highest BCUT2D eigenvalue weighted by atomic mass is 15.0. The molecule has 0 aromatic rings. The number of hydrogen-bond acceptors (Lipinski definition) is 1. The highest BCUT2D eigenvalue weighted by molar-refractivity contribution is 5.02. The largest absolute Gasteiger partial charge is 0.309 e. The topological polar surface area (TPSA) is 12.0 Å². The van der Waals surface area contributed by atoms with E-state index in [4.69, 9.17) is 0 Å². The molecule has 1 N–H and O–H groups in total. The van der Waals surface area contributed by atoms with E-state index in [-0.39, 0.29) is 0 Å². The Morgan fingerprint density at radius 3 is 2.50 bits per heavy atom. The first-order chi connectivity index (χ1) is 5.74. The first kappa shape index (κ1) is 8.55. The van der Waals surface area contributed by atoms with E-state index in [0.29, 0.717) is 5.54 Å². The van der Waals surface area contributed by atoms with Gasteiger partial charge < -0.3 is 5.32 Å². The van der Waals surface area contributed by atoms with Crippen molar-refractivity contribution in [1.82, 2.24) is 5.32 Å². The molecule has 2 saturated carbocycles. The number of fused-ring (bicyclic) bond motifs is 2. The Morgan fingerprint density at radius 2 is 2.08 bits per heavy atom. The Morgan fingerprint density at radius 1 is 1.42 bits per heavy atom. The van der Waals surface area contributed by atoms with Crippen molar-refractivity contribution < 1.29 is 0 Å². The SMILES string of the molecule is CCC(C)NC12CCC(CC1)C2. The van der Waals surface area contributed by atoms with Crippen LogP contribution in [-0.2, 0) is 0 Å². The summed E-state index contributed by atoms with van der Waals surface area (Å²) >= 11 is 0. The Bertz CT molecular complexity index is 156. The van der Waals surface area contributed by atoms with Crippen molar-refractivity contribution in [1.29, 1.82) is 0 Å². The van der Waals surface area contributed by atoms with Crippen LogP contribution in [0.2, 0.25) is 0 Å². The molecule has 0 aromatic carbocycles. The van der Waals surface area contributed by atoms with Gasteiger partial charge in [0.15, 0.2) is 0 Å². The van der Waals surface area contributed by atoms with Crippen molar-refractivity contribution in [3.8, 4) is 0 Å². The summed E-state index contributed by atoms with van der Waals surface area (Å²) in [6, 6.07) is 0.724. The zero-order chi connectivity index (χ0) is 8.60. The number of hydrogen-bond donors (Lipinski definition) is 1. The molecule has 0 heterocycles. The van der Waals surface area contributed by atoms with E-state index in [1.54, 1.807) is 0 Å². The lowest BCUT2D eigenvalue weighted by atomic mass is 9.93. The van der Waals surface area contributed by atoms with E-state index >= 15 is 0 Å². The molecule has 0 amide bonds. The van der Waals surface area contributed by atoms with Gasteiger partial charge in [-0.25, -0.2) is 0 Å². The average molecular weight is 167 g/mol. The number of nitrogens with one attached hydrogen (secondary N) is 1. The summed E-state index contributed by atoms with van der Waals surface area (Å²) in [7, 11) is 0. The van der Waals surface area contributed by atoms with Crippen molar-refractivity contribution in [2.75, 3.05) is 0 Å². The van der Waals surface area contributed by atoms with Crippen molar-refractivity contribution >= 4 is 0 Å². The fourth-order valence-corrected chi connectivity index (χ4v) is 3.02. The predicted octanol–water partition coefficient (Wildman–Crippen LogP) is 2.71. The smallest absolute Gasteiger partial charge is 0.0186 e. The Labute approximate surface area is 75.9 Å². The fraction of sp³-hybridized carbons (Fsp3) is 1.00. The van der Waals surface area contributed by atoms with Crippen LogP contribution in [0, 0.1) is 5.92 Å². The summed E-state index contributed by atoms with van der Waals surface area (Å²) in [6.45, 7) is 4.59. The molecule has 2 bridgehead atoms. The van der Waals surface area contributed by atoms with Crippen LogP contribution in [0.1, 0.15) is 52.4 Å². The van der Waals surface area contributed by atoms with Crippen LogP contribution in [-0.4, -0.2) is 11.6 Å². The van der Waals surface area contributed by atoms with Crippen LogP contribution in [0.15, 0.2) is 0 Å². The maximum Gasteiger partial charge on any atom is 0.0186 e. The van der Waals surface area contributed by atoms with Crippen LogP contribution in [0.4, 0.5) is 0 Å². The molecule has 1 nitrogen and oxygen atoms in total. The van der Waals surface area contributed by atoms with Gasteiger partial charge in [-0.1, -0.05) is 6.92 Å². The summed E-state index contributed by atoms with van der Waals surface area (Å²) < 4.78 is 0. The standard InChI is InChI=1S/C11H21N/c1-3-9(2)12-11-6-4-10(8-11)5-7-11/h9-10,12H,3-8H2,1-2H3. The van der Waals surface area contributed by atoms with E-state index < -0.39 is 0 Å². The van der Waals surface area contributed by atoms with E-state index in [1.807, 2.05) is 0 Å². The maximum absolute atomic E-state index is 3.83. The third kappa shape index (κ3) is 1.39. The molecule has 0 saturated heterocycles. The minimum absolute atomic E-state index is 0.583. The van der Waals surface area contributed by atoms with Gasteiger partial charge in [-0.05, 0) is 51.4 Å². The normalized spacial score (nSPS) is 42.0. The summed E-state index contributed by atoms with van der Waals surface area (Å²) in [5.41, 5.74) is 0.583. The van der Waals surface area contributed by atoms with E-state index in [2.05, 4.69) is 19.2 Å². The second kappa shape index (κ2) is 3.02. The molecular weight excluding hydrogens is 146 g/mol. The average Bonchev–Trinajstić information content (AvgIpc) is 2.63. The quantitative estimate of drug-likeness (QED) is 0.681. The van der Waals surface area contributed by atoms with Crippen molar-refractivity contribution in [2.24, 2.45) is 5.92 Å². The van der Waals surface area contributed by atoms with Gasteiger partial charge in [-0.15, -0.1) is 0 Å². The van der Waals surface area contributed by atoms with Crippen LogP contribution >= 0.6 is 0 Å². The first-order valence-corrected chi connectivity index (χ1v) is 5.52.